The van der Waals surface area contributed by atoms with Crippen LogP contribution in [0.5, 0.6) is 0 Å². The number of aryl methyl sites for hydroxylation is 1. The third-order valence-electron chi connectivity index (χ3n) is 7.72. The van der Waals surface area contributed by atoms with Gasteiger partial charge in [-0.2, -0.15) is 0 Å². The van der Waals surface area contributed by atoms with Crippen LogP contribution in [0.15, 0.2) is 54.6 Å². The van der Waals surface area contributed by atoms with Crippen LogP contribution in [0.3, 0.4) is 0 Å². The van der Waals surface area contributed by atoms with E-state index in [2.05, 4.69) is 116 Å². The lowest BCUT2D eigenvalue weighted by atomic mass is 9.83. The molecule has 0 fully saturated rings. The maximum atomic E-state index is 2.44. The minimum absolute atomic E-state index is 0.623. The van der Waals surface area contributed by atoms with Gasteiger partial charge in [-0.05, 0) is 93.5 Å². The highest BCUT2D eigenvalue weighted by Gasteiger charge is 2.16. The summed E-state index contributed by atoms with van der Waals surface area (Å²) >= 11 is 0. The second-order valence-corrected chi connectivity index (χ2v) is 10.8. The number of benzene rings is 3. The molecule has 0 saturated carbocycles. The van der Waals surface area contributed by atoms with Crippen molar-refractivity contribution in [2.75, 3.05) is 0 Å². The Morgan fingerprint density at radius 3 is 2.00 bits per heavy atom. The fourth-order valence-corrected chi connectivity index (χ4v) is 5.23. The Bertz CT molecular complexity index is 1110. The molecule has 4 rings (SSSR count). The zero-order valence-electron chi connectivity index (χ0n) is 22.9. The van der Waals surface area contributed by atoms with Gasteiger partial charge in [0.25, 0.3) is 0 Å². The van der Waals surface area contributed by atoms with Crippen LogP contribution in [0.4, 0.5) is 0 Å². The van der Waals surface area contributed by atoms with Crippen molar-refractivity contribution in [2.45, 2.75) is 105 Å². The first-order chi connectivity index (χ1) is 16.3. The number of allylic oxidation sites excluding steroid dienone is 1. The first-order valence-electron chi connectivity index (χ1n) is 13.6. The van der Waals surface area contributed by atoms with E-state index >= 15 is 0 Å². The summed E-state index contributed by atoms with van der Waals surface area (Å²) in [7, 11) is 0. The first-order valence-corrected chi connectivity index (χ1v) is 13.6. The Kier molecular flexibility index (Phi) is 9.17. The summed E-state index contributed by atoms with van der Waals surface area (Å²) in [6, 6.07) is 18.3. The van der Waals surface area contributed by atoms with Crippen LogP contribution in [0.25, 0.3) is 16.8 Å². The average Bonchev–Trinajstić information content (AvgIpc) is 2.86. The number of fused-ring (bicyclic) bond motifs is 2. The van der Waals surface area contributed by atoms with Gasteiger partial charge in [-0.1, -0.05) is 116 Å². The predicted molar refractivity (Wildman–Crippen MR) is 153 cm³/mol. The van der Waals surface area contributed by atoms with Gasteiger partial charge in [0.2, 0.25) is 0 Å². The zero-order chi connectivity index (χ0) is 24.8. The van der Waals surface area contributed by atoms with Crippen molar-refractivity contribution >= 4 is 16.8 Å². The molecule has 1 aliphatic rings. The van der Waals surface area contributed by atoms with E-state index in [1.165, 1.54) is 53.1 Å². The summed E-state index contributed by atoms with van der Waals surface area (Å²) in [5, 5.41) is 2.82. The summed E-state index contributed by atoms with van der Waals surface area (Å²) < 4.78 is 0. The van der Waals surface area contributed by atoms with Crippen LogP contribution in [0, 0.1) is 0 Å². The summed E-state index contributed by atoms with van der Waals surface area (Å²) in [6.07, 6.45) is 9.41. The van der Waals surface area contributed by atoms with Gasteiger partial charge in [0.1, 0.15) is 0 Å². The lowest BCUT2D eigenvalue weighted by Crippen LogP contribution is -2.04. The molecule has 1 aliphatic carbocycles. The van der Waals surface area contributed by atoms with Crippen LogP contribution >= 0.6 is 0 Å². The van der Waals surface area contributed by atoms with E-state index in [9.17, 15) is 0 Å². The van der Waals surface area contributed by atoms with E-state index in [4.69, 9.17) is 0 Å². The van der Waals surface area contributed by atoms with Crippen molar-refractivity contribution in [1.29, 1.82) is 0 Å². The molecule has 34 heavy (non-hydrogen) atoms. The van der Waals surface area contributed by atoms with Crippen molar-refractivity contribution in [3.63, 3.8) is 0 Å². The van der Waals surface area contributed by atoms with E-state index in [1.807, 2.05) is 0 Å². The molecule has 0 nitrogen and oxygen atoms in total. The van der Waals surface area contributed by atoms with Gasteiger partial charge in [0.05, 0.1) is 0 Å². The Morgan fingerprint density at radius 1 is 0.706 bits per heavy atom. The molecule has 0 aromatic heterocycles. The van der Waals surface area contributed by atoms with Crippen molar-refractivity contribution in [3.05, 3.63) is 88.0 Å². The number of hydrogen-bond acceptors (Lipinski definition) is 0. The third kappa shape index (κ3) is 5.83. The van der Waals surface area contributed by atoms with Crippen LogP contribution in [-0.2, 0) is 6.42 Å². The van der Waals surface area contributed by atoms with Gasteiger partial charge in [0.15, 0.2) is 0 Å². The van der Waals surface area contributed by atoms with Crippen molar-refractivity contribution in [1.82, 2.24) is 0 Å². The molecular formula is C34H46. The molecule has 0 saturated heterocycles. The second-order valence-electron chi connectivity index (χ2n) is 10.8. The van der Waals surface area contributed by atoms with Crippen molar-refractivity contribution < 1.29 is 0 Å². The van der Waals surface area contributed by atoms with E-state index in [-0.39, 0.29) is 0 Å². The SMILES string of the molecule is CC(C)c1cc2c(cc1C(C)C)CCC=C2.CCC(C)c1ccc2ccccc2c1C(C)CC. The highest BCUT2D eigenvalue weighted by Crippen LogP contribution is 2.36. The largest absolute Gasteiger partial charge is 0.0836 e. The third-order valence-corrected chi connectivity index (χ3v) is 7.72. The van der Waals surface area contributed by atoms with Crippen LogP contribution in [-0.4, -0.2) is 0 Å². The maximum absolute atomic E-state index is 2.44. The first kappa shape index (κ1) is 26.3. The number of rotatable bonds is 6. The fraction of sp³-hybridized carbons (Fsp3) is 0.471. The van der Waals surface area contributed by atoms with Gasteiger partial charge in [-0.3, -0.25) is 0 Å². The molecule has 0 heteroatoms. The Morgan fingerprint density at radius 2 is 1.35 bits per heavy atom. The lowest BCUT2D eigenvalue weighted by molar-refractivity contribution is 0.682. The molecule has 0 heterocycles. The molecule has 3 aromatic carbocycles. The van der Waals surface area contributed by atoms with E-state index in [0.29, 0.717) is 23.7 Å². The van der Waals surface area contributed by atoms with Crippen molar-refractivity contribution in [3.8, 4) is 0 Å². The molecule has 0 bridgehead atoms. The molecule has 0 aliphatic heterocycles. The van der Waals surface area contributed by atoms with E-state index in [0.717, 1.165) is 0 Å². The molecular weight excluding hydrogens is 408 g/mol. The summed E-state index contributed by atoms with van der Waals surface area (Å²) in [6.45, 7) is 18.4. The maximum Gasteiger partial charge on any atom is -0.0146 e. The zero-order valence-corrected chi connectivity index (χ0v) is 22.9. The molecule has 0 N–H and O–H groups in total. The molecule has 0 amide bonds. The minimum Gasteiger partial charge on any atom is -0.0836 e. The normalized spacial score (nSPS) is 14.6. The molecule has 182 valence electrons. The van der Waals surface area contributed by atoms with Crippen LogP contribution in [0.2, 0.25) is 0 Å². The van der Waals surface area contributed by atoms with Crippen LogP contribution < -0.4 is 0 Å². The van der Waals surface area contributed by atoms with Gasteiger partial charge in [-0.15, -0.1) is 0 Å². The van der Waals surface area contributed by atoms with Gasteiger partial charge in [0, 0.05) is 0 Å². The summed E-state index contributed by atoms with van der Waals surface area (Å²) in [4.78, 5) is 0. The van der Waals surface area contributed by atoms with Crippen LogP contribution in [0.1, 0.15) is 132 Å². The topological polar surface area (TPSA) is 0 Å². The van der Waals surface area contributed by atoms with Gasteiger partial charge in [-0.25, -0.2) is 0 Å². The summed E-state index contributed by atoms with van der Waals surface area (Å²) in [5.74, 6) is 2.55. The standard InChI is InChI=1S/C18H24.C16H22/c1-5-13(3)16-12-11-15-9-7-8-10-17(15)18(16)14(4)6-2;1-11(2)15-9-13-7-5-6-8-14(13)10-16(15)12(3)4/h7-14H,5-6H2,1-4H3;5,7,9-12H,6,8H2,1-4H3. The second kappa shape index (κ2) is 11.9. The predicted octanol–water partition coefficient (Wildman–Crippen LogP) is 10.8. The van der Waals surface area contributed by atoms with Crippen molar-refractivity contribution in [2.24, 2.45) is 0 Å². The highest BCUT2D eigenvalue weighted by molar-refractivity contribution is 5.87. The average molecular weight is 455 g/mol. The minimum atomic E-state index is 0.623. The molecule has 2 unspecified atom stereocenters. The van der Waals surface area contributed by atoms with Gasteiger partial charge >= 0.3 is 0 Å². The molecule has 0 spiro atoms. The molecule has 2 atom stereocenters. The van der Waals surface area contributed by atoms with Gasteiger partial charge < -0.3 is 0 Å². The Balaban J connectivity index is 0.000000192. The van der Waals surface area contributed by atoms with E-state index < -0.39 is 0 Å². The molecule has 3 aromatic rings. The molecule has 0 radical (unpaired) electrons. The van der Waals surface area contributed by atoms with E-state index in [1.54, 1.807) is 16.7 Å². The highest BCUT2D eigenvalue weighted by atomic mass is 14.2. The Labute approximate surface area is 209 Å². The quantitative estimate of drug-likeness (QED) is 0.347. The monoisotopic (exact) mass is 454 g/mol. The lowest BCUT2D eigenvalue weighted by Gasteiger charge is -2.21. The number of hydrogen-bond donors (Lipinski definition) is 0. The fourth-order valence-electron chi connectivity index (χ4n) is 5.23. The smallest absolute Gasteiger partial charge is 0.0146 e. The summed E-state index contributed by atoms with van der Waals surface area (Å²) in [5.41, 5.74) is 9.18. The Hall–Kier alpha value is -2.34.